The van der Waals surface area contributed by atoms with Crippen molar-refractivity contribution >= 4 is 35.0 Å². The van der Waals surface area contributed by atoms with Crippen LogP contribution in [-0.4, -0.2) is 9.97 Å². The highest BCUT2D eigenvalue weighted by molar-refractivity contribution is 6.42. The molecule has 2 aromatic rings. The van der Waals surface area contributed by atoms with Crippen molar-refractivity contribution in [3.05, 3.63) is 33.4 Å². The molecule has 0 aliphatic heterocycles. The van der Waals surface area contributed by atoms with Crippen LogP contribution in [0.1, 0.15) is 11.3 Å². The average Bonchev–Trinajstić information content (AvgIpc) is 2.62. The van der Waals surface area contributed by atoms with E-state index in [1.54, 1.807) is 6.07 Å². The Kier molecular flexibility index (Phi) is 2.18. The summed E-state index contributed by atoms with van der Waals surface area (Å²) in [5.41, 5.74) is 14.9. The molecule has 4 N–H and O–H groups in total. The smallest absolute Gasteiger partial charge is 0.222 e. The molecule has 17 heavy (non-hydrogen) atoms. The highest BCUT2D eigenvalue weighted by atomic mass is 35.5. The Morgan fingerprint density at radius 3 is 2.65 bits per heavy atom. The van der Waals surface area contributed by atoms with Crippen LogP contribution in [0.2, 0.25) is 10.0 Å². The third kappa shape index (κ3) is 1.45. The Labute approximate surface area is 108 Å². The zero-order valence-electron chi connectivity index (χ0n) is 8.67. The van der Waals surface area contributed by atoms with E-state index in [0.717, 1.165) is 22.4 Å². The SMILES string of the molecule is Nc1nc(N)c2c(n1)Cc1c-2ccc(Cl)c1Cl. The molecule has 86 valence electrons. The van der Waals surface area contributed by atoms with Crippen LogP contribution in [0.5, 0.6) is 0 Å². The lowest BCUT2D eigenvalue weighted by Crippen LogP contribution is -2.03. The average molecular weight is 267 g/mol. The Balaban J connectivity index is 2.33. The molecule has 0 radical (unpaired) electrons. The molecule has 0 fully saturated rings. The monoisotopic (exact) mass is 266 g/mol. The van der Waals surface area contributed by atoms with Crippen molar-refractivity contribution in [2.75, 3.05) is 11.5 Å². The third-order valence-corrected chi connectivity index (χ3v) is 3.68. The van der Waals surface area contributed by atoms with Gasteiger partial charge in [-0.3, -0.25) is 0 Å². The summed E-state index contributed by atoms with van der Waals surface area (Å²) in [5.74, 6) is 0.556. The van der Waals surface area contributed by atoms with Crippen molar-refractivity contribution < 1.29 is 0 Å². The van der Waals surface area contributed by atoms with E-state index >= 15 is 0 Å². The zero-order chi connectivity index (χ0) is 12.2. The summed E-state index contributed by atoms with van der Waals surface area (Å²) < 4.78 is 0. The van der Waals surface area contributed by atoms with Crippen molar-refractivity contribution in [2.24, 2.45) is 0 Å². The molecule has 0 amide bonds. The Morgan fingerprint density at radius 1 is 1.12 bits per heavy atom. The van der Waals surface area contributed by atoms with Gasteiger partial charge in [0.1, 0.15) is 5.82 Å². The van der Waals surface area contributed by atoms with Gasteiger partial charge in [0.05, 0.1) is 15.7 Å². The fourth-order valence-electron chi connectivity index (χ4n) is 2.13. The topological polar surface area (TPSA) is 77.8 Å². The van der Waals surface area contributed by atoms with Crippen molar-refractivity contribution in [2.45, 2.75) is 6.42 Å². The Morgan fingerprint density at radius 2 is 1.88 bits per heavy atom. The number of anilines is 2. The number of nitrogen functional groups attached to an aromatic ring is 2. The van der Waals surface area contributed by atoms with Gasteiger partial charge in [0, 0.05) is 12.0 Å². The summed E-state index contributed by atoms with van der Waals surface area (Å²) >= 11 is 12.2. The largest absolute Gasteiger partial charge is 0.383 e. The van der Waals surface area contributed by atoms with Crippen LogP contribution in [0.25, 0.3) is 11.1 Å². The lowest BCUT2D eigenvalue weighted by Gasteiger charge is -2.05. The predicted octanol–water partition coefficient (Wildman–Crippen LogP) is 2.52. The summed E-state index contributed by atoms with van der Waals surface area (Å²) in [6.07, 6.45) is 0.584. The number of aromatic nitrogens is 2. The molecule has 0 spiro atoms. The molecule has 0 unspecified atom stereocenters. The fourth-order valence-corrected chi connectivity index (χ4v) is 2.54. The summed E-state index contributed by atoms with van der Waals surface area (Å²) in [6, 6.07) is 3.62. The van der Waals surface area contributed by atoms with Crippen molar-refractivity contribution in [3.8, 4) is 11.1 Å². The van der Waals surface area contributed by atoms with Gasteiger partial charge >= 0.3 is 0 Å². The van der Waals surface area contributed by atoms with Gasteiger partial charge < -0.3 is 11.5 Å². The van der Waals surface area contributed by atoms with Crippen LogP contribution < -0.4 is 11.5 Å². The third-order valence-electron chi connectivity index (χ3n) is 2.84. The number of halogens is 2. The van der Waals surface area contributed by atoms with Crippen LogP contribution >= 0.6 is 23.2 Å². The molecule has 1 aromatic heterocycles. The normalized spacial score (nSPS) is 12.4. The summed E-state index contributed by atoms with van der Waals surface area (Å²) in [6.45, 7) is 0. The lowest BCUT2D eigenvalue weighted by atomic mass is 10.1. The number of fused-ring (bicyclic) bond motifs is 3. The van der Waals surface area contributed by atoms with Crippen molar-refractivity contribution in [1.29, 1.82) is 0 Å². The van der Waals surface area contributed by atoms with Crippen LogP contribution in [0.3, 0.4) is 0 Å². The number of hydrogen-bond donors (Lipinski definition) is 2. The first-order chi connectivity index (χ1) is 8.08. The maximum atomic E-state index is 6.17. The number of benzene rings is 1. The van der Waals surface area contributed by atoms with Gasteiger partial charge in [0.25, 0.3) is 0 Å². The van der Waals surface area contributed by atoms with Gasteiger partial charge in [-0.2, -0.15) is 4.98 Å². The maximum Gasteiger partial charge on any atom is 0.222 e. The van der Waals surface area contributed by atoms with E-state index in [2.05, 4.69) is 9.97 Å². The molecule has 3 rings (SSSR count). The molecular formula is C11H8Cl2N4. The van der Waals surface area contributed by atoms with Gasteiger partial charge in [-0.25, -0.2) is 4.98 Å². The minimum atomic E-state index is 0.177. The molecule has 1 aliphatic rings. The lowest BCUT2D eigenvalue weighted by molar-refractivity contribution is 1.09. The van der Waals surface area contributed by atoms with E-state index in [-0.39, 0.29) is 5.95 Å². The summed E-state index contributed by atoms with van der Waals surface area (Å²) in [7, 11) is 0. The first-order valence-electron chi connectivity index (χ1n) is 4.97. The molecule has 0 bridgehead atoms. The Hall–Kier alpha value is -1.52. The standard InChI is InChI=1S/C11H8Cl2N4/c12-6-2-1-4-5(9(6)13)3-7-8(4)10(14)17-11(15)16-7/h1-2H,3H2,(H4,14,15,16,17). The second-order valence-electron chi connectivity index (χ2n) is 3.85. The van der Waals surface area contributed by atoms with Gasteiger partial charge in [-0.15, -0.1) is 0 Å². The second-order valence-corrected chi connectivity index (χ2v) is 4.64. The van der Waals surface area contributed by atoms with Crippen LogP contribution in [0.15, 0.2) is 12.1 Å². The molecule has 1 heterocycles. The molecular weight excluding hydrogens is 259 g/mol. The minimum Gasteiger partial charge on any atom is -0.383 e. The predicted molar refractivity (Wildman–Crippen MR) is 69.1 cm³/mol. The Bertz CT molecular complexity index is 640. The van der Waals surface area contributed by atoms with Crippen molar-refractivity contribution in [1.82, 2.24) is 9.97 Å². The van der Waals surface area contributed by atoms with Gasteiger partial charge in [0.15, 0.2) is 0 Å². The number of rotatable bonds is 0. The first kappa shape index (κ1) is 10.6. The number of nitrogens with two attached hydrogens (primary N) is 2. The maximum absolute atomic E-state index is 6.17. The first-order valence-corrected chi connectivity index (χ1v) is 5.72. The van der Waals surface area contributed by atoms with E-state index in [9.17, 15) is 0 Å². The molecule has 6 heteroatoms. The molecule has 1 aliphatic carbocycles. The van der Waals surface area contributed by atoms with Crippen LogP contribution in [0, 0.1) is 0 Å². The minimum absolute atomic E-state index is 0.177. The summed E-state index contributed by atoms with van der Waals surface area (Å²) in [5, 5.41) is 1.07. The van der Waals surface area contributed by atoms with Crippen LogP contribution in [0.4, 0.5) is 11.8 Å². The quantitative estimate of drug-likeness (QED) is 0.656. The highest BCUT2D eigenvalue weighted by Crippen LogP contribution is 2.44. The molecule has 0 saturated heterocycles. The van der Waals surface area contributed by atoms with E-state index < -0.39 is 0 Å². The molecule has 0 atom stereocenters. The second kappa shape index (κ2) is 3.48. The molecule has 4 nitrogen and oxygen atoms in total. The number of nitrogens with zero attached hydrogens (tertiary/aromatic N) is 2. The fraction of sp³-hybridized carbons (Fsp3) is 0.0909. The van der Waals surface area contributed by atoms with Gasteiger partial charge in [-0.1, -0.05) is 29.3 Å². The van der Waals surface area contributed by atoms with Crippen LogP contribution in [-0.2, 0) is 6.42 Å². The summed E-state index contributed by atoms with van der Waals surface area (Å²) in [4.78, 5) is 8.15. The molecule has 1 aromatic carbocycles. The van der Waals surface area contributed by atoms with Gasteiger partial charge in [-0.05, 0) is 17.2 Å². The van der Waals surface area contributed by atoms with E-state index in [4.69, 9.17) is 34.7 Å². The van der Waals surface area contributed by atoms with E-state index in [0.29, 0.717) is 22.3 Å². The highest BCUT2D eigenvalue weighted by Gasteiger charge is 2.26. The number of hydrogen-bond acceptors (Lipinski definition) is 4. The van der Waals surface area contributed by atoms with E-state index in [1.165, 1.54) is 0 Å². The zero-order valence-corrected chi connectivity index (χ0v) is 10.2. The molecule has 0 saturated carbocycles. The van der Waals surface area contributed by atoms with Crippen molar-refractivity contribution in [3.63, 3.8) is 0 Å². The van der Waals surface area contributed by atoms with E-state index in [1.807, 2.05) is 6.07 Å². The van der Waals surface area contributed by atoms with Gasteiger partial charge in [0.2, 0.25) is 5.95 Å².